The molecule has 1 saturated heterocycles. The monoisotopic (exact) mass is 251 g/mol. The molecular formula is C15H22FNO. The van der Waals surface area contributed by atoms with Crippen molar-refractivity contribution >= 4 is 0 Å². The van der Waals surface area contributed by atoms with Gasteiger partial charge in [0.25, 0.3) is 0 Å². The lowest BCUT2D eigenvalue weighted by Crippen LogP contribution is -2.28. The van der Waals surface area contributed by atoms with Crippen LogP contribution in [0, 0.1) is 12.7 Å². The summed E-state index contributed by atoms with van der Waals surface area (Å²) in [5.41, 5.74) is 1.31. The number of benzene rings is 1. The van der Waals surface area contributed by atoms with Crippen LogP contribution in [0.1, 0.15) is 43.4 Å². The largest absolute Gasteiger partial charge is 0.388 e. The quantitative estimate of drug-likeness (QED) is 0.889. The molecule has 1 heterocycles. The maximum atomic E-state index is 13.4. The van der Waals surface area contributed by atoms with Crippen LogP contribution in [0.15, 0.2) is 18.2 Å². The van der Waals surface area contributed by atoms with Gasteiger partial charge in [0, 0.05) is 12.6 Å². The Hall–Kier alpha value is -0.930. The SMILES string of the molecule is Cc1ccc(C(O)CCN2CCCC2C)cc1F. The summed E-state index contributed by atoms with van der Waals surface area (Å²) in [4.78, 5) is 2.40. The zero-order chi connectivity index (χ0) is 13.1. The Kier molecular flexibility index (Phi) is 4.36. The molecule has 2 atom stereocenters. The number of hydrogen-bond donors (Lipinski definition) is 1. The van der Waals surface area contributed by atoms with Crippen molar-refractivity contribution in [3.05, 3.63) is 35.1 Å². The first-order valence-corrected chi connectivity index (χ1v) is 6.76. The van der Waals surface area contributed by atoms with Crippen molar-refractivity contribution in [1.29, 1.82) is 0 Å². The summed E-state index contributed by atoms with van der Waals surface area (Å²) in [5, 5.41) is 10.1. The molecule has 1 aliphatic rings. The standard InChI is InChI=1S/C15H22FNO/c1-11-5-6-13(10-14(11)16)15(18)7-9-17-8-3-4-12(17)2/h5-6,10,12,15,18H,3-4,7-9H2,1-2H3. The van der Waals surface area contributed by atoms with Crippen LogP contribution in [-0.4, -0.2) is 29.1 Å². The van der Waals surface area contributed by atoms with E-state index in [2.05, 4.69) is 11.8 Å². The van der Waals surface area contributed by atoms with Crippen LogP contribution in [0.5, 0.6) is 0 Å². The molecule has 0 aromatic heterocycles. The van der Waals surface area contributed by atoms with Gasteiger partial charge in [0.2, 0.25) is 0 Å². The third kappa shape index (κ3) is 3.09. The molecule has 2 nitrogen and oxygen atoms in total. The van der Waals surface area contributed by atoms with E-state index in [0.29, 0.717) is 23.6 Å². The normalized spacial score (nSPS) is 22.3. The van der Waals surface area contributed by atoms with Crippen molar-refractivity contribution in [3.8, 4) is 0 Å². The van der Waals surface area contributed by atoms with E-state index in [1.54, 1.807) is 13.0 Å². The molecule has 0 spiro atoms. The average Bonchev–Trinajstić information content (AvgIpc) is 2.75. The Morgan fingerprint density at radius 3 is 2.89 bits per heavy atom. The topological polar surface area (TPSA) is 23.5 Å². The molecule has 0 saturated carbocycles. The Morgan fingerprint density at radius 1 is 1.50 bits per heavy atom. The van der Waals surface area contributed by atoms with Gasteiger partial charge in [-0.3, -0.25) is 0 Å². The average molecular weight is 251 g/mol. The maximum absolute atomic E-state index is 13.4. The molecule has 2 unspecified atom stereocenters. The van der Waals surface area contributed by atoms with E-state index in [1.807, 2.05) is 6.07 Å². The minimum absolute atomic E-state index is 0.235. The highest BCUT2D eigenvalue weighted by atomic mass is 19.1. The molecule has 2 rings (SSSR count). The molecule has 18 heavy (non-hydrogen) atoms. The summed E-state index contributed by atoms with van der Waals surface area (Å²) in [6.07, 6.45) is 2.60. The summed E-state index contributed by atoms with van der Waals surface area (Å²) in [6.45, 7) is 5.97. The van der Waals surface area contributed by atoms with Crippen molar-refractivity contribution in [2.75, 3.05) is 13.1 Å². The number of rotatable bonds is 4. The minimum atomic E-state index is -0.562. The molecule has 1 aromatic carbocycles. The van der Waals surface area contributed by atoms with Crippen molar-refractivity contribution in [2.45, 2.75) is 45.3 Å². The van der Waals surface area contributed by atoms with Crippen LogP contribution in [-0.2, 0) is 0 Å². The molecule has 1 aromatic rings. The van der Waals surface area contributed by atoms with Gasteiger partial charge in [-0.1, -0.05) is 12.1 Å². The molecule has 0 amide bonds. The maximum Gasteiger partial charge on any atom is 0.126 e. The lowest BCUT2D eigenvalue weighted by atomic mass is 10.0. The second-order valence-electron chi connectivity index (χ2n) is 5.34. The highest BCUT2D eigenvalue weighted by Gasteiger charge is 2.21. The highest BCUT2D eigenvalue weighted by molar-refractivity contribution is 5.24. The number of aliphatic hydroxyl groups is 1. The number of halogens is 1. The molecule has 0 radical (unpaired) electrons. The summed E-state index contributed by atoms with van der Waals surface area (Å²) in [7, 11) is 0. The van der Waals surface area contributed by atoms with E-state index in [1.165, 1.54) is 18.9 Å². The number of hydrogen-bond acceptors (Lipinski definition) is 2. The van der Waals surface area contributed by atoms with E-state index < -0.39 is 6.10 Å². The van der Waals surface area contributed by atoms with Crippen LogP contribution in [0.3, 0.4) is 0 Å². The van der Waals surface area contributed by atoms with Crippen molar-refractivity contribution < 1.29 is 9.50 Å². The predicted octanol–water partition coefficient (Wildman–Crippen LogP) is 3.04. The van der Waals surface area contributed by atoms with Crippen molar-refractivity contribution in [2.24, 2.45) is 0 Å². The number of nitrogens with zero attached hydrogens (tertiary/aromatic N) is 1. The number of likely N-dealkylation sites (tertiary alicyclic amines) is 1. The van der Waals surface area contributed by atoms with Gasteiger partial charge in [-0.2, -0.15) is 0 Å². The smallest absolute Gasteiger partial charge is 0.126 e. The van der Waals surface area contributed by atoms with Gasteiger partial charge in [-0.25, -0.2) is 4.39 Å². The summed E-state index contributed by atoms with van der Waals surface area (Å²) in [6, 6.07) is 5.61. The summed E-state index contributed by atoms with van der Waals surface area (Å²) >= 11 is 0. The van der Waals surface area contributed by atoms with Gasteiger partial charge in [0.15, 0.2) is 0 Å². The lowest BCUT2D eigenvalue weighted by Gasteiger charge is -2.22. The first-order valence-electron chi connectivity index (χ1n) is 6.76. The zero-order valence-electron chi connectivity index (χ0n) is 11.2. The summed E-state index contributed by atoms with van der Waals surface area (Å²) < 4.78 is 13.4. The van der Waals surface area contributed by atoms with Crippen LogP contribution in [0.4, 0.5) is 4.39 Å². The Morgan fingerprint density at radius 2 is 2.28 bits per heavy atom. The fraction of sp³-hybridized carbons (Fsp3) is 0.600. The molecule has 100 valence electrons. The van der Waals surface area contributed by atoms with Gasteiger partial charge in [0.1, 0.15) is 5.82 Å². The second-order valence-corrected chi connectivity index (χ2v) is 5.34. The van der Waals surface area contributed by atoms with E-state index >= 15 is 0 Å². The molecule has 1 aliphatic heterocycles. The van der Waals surface area contributed by atoms with E-state index in [4.69, 9.17) is 0 Å². The Labute approximate surface area is 108 Å². The fourth-order valence-electron chi connectivity index (χ4n) is 2.60. The third-order valence-electron chi connectivity index (χ3n) is 3.96. The van der Waals surface area contributed by atoms with Crippen LogP contribution in [0.2, 0.25) is 0 Å². The molecule has 0 bridgehead atoms. The first-order chi connectivity index (χ1) is 8.58. The van der Waals surface area contributed by atoms with Crippen LogP contribution in [0.25, 0.3) is 0 Å². The van der Waals surface area contributed by atoms with Gasteiger partial charge in [0.05, 0.1) is 6.10 Å². The van der Waals surface area contributed by atoms with E-state index in [9.17, 15) is 9.50 Å². The second kappa shape index (κ2) is 5.81. The van der Waals surface area contributed by atoms with Gasteiger partial charge >= 0.3 is 0 Å². The highest BCUT2D eigenvalue weighted by Crippen LogP contribution is 2.22. The van der Waals surface area contributed by atoms with E-state index in [0.717, 1.165) is 13.1 Å². The van der Waals surface area contributed by atoms with E-state index in [-0.39, 0.29) is 5.82 Å². The van der Waals surface area contributed by atoms with Crippen molar-refractivity contribution in [1.82, 2.24) is 4.90 Å². The molecule has 3 heteroatoms. The molecule has 1 N–H and O–H groups in total. The fourth-order valence-corrected chi connectivity index (χ4v) is 2.60. The molecule has 0 aliphatic carbocycles. The van der Waals surface area contributed by atoms with Crippen molar-refractivity contribution in [3.63, 3.8) is 0 Å². The van der Waals surface area contributed by atoms with Crippen LogP contribution < -0.4 is 0 Å². The zero-order valence-corrected chi connectivity index (χ0v) is 11.2. The van der Waals surface area contributed by atoms with Crippen LogP contribution >= 0.6 is 0 Å². The Balaban J connectivity index is 1.90. The number of aliphatic hydroxyl groups excluding tert-OH is 1. The molecular weight excluding hydrogens is 229 g/mol. The van der Waals surface area contributed by atoms with Gasteiger partial charge < -0.3 is 10.0 Å². The first kappa shape index (κ1) is 13.5. The molecule has 1 fully saturated rings. The lowest BCUT2D eigenvalue weighted by molar-refractivity contribution is 0.140. The predicted molar refractivity (Wildman–Crippen MR) is 71.0 cm³/mol. The van der Waals surface area contributed by atoms with Gasteiger partial charge in [-0.15, -0.1) is 0 Å². The minimum Gasteiger partial charge on any atom is -0.388 e. The Bertz CT molecular complexity index is 407. The third-order valence-corrected chi connectivity index (χ3v) is 3.96. The summed E-state index contributed by atoms with van der Waals surface area (Å²) in [5.74, 6) is -0.235. The number of aryl methyl sites for hydroxylation is 1. The van der Waals surface area contributed by atoms with Gasteiger partial charge in [-0.05, 0) is 56.8 Å².